The predicted molar refractivity (Wildman–Crippen MR) is 135 cm³/mol. The molecule has 0 fully saturated rings. The zero-order chi connectivity index (χ0) is 25.1. The van der Waals surface area contributed by atoms with Gasteiger partial charge in [0.1, 0.15) is 6.61 Å². The molecule has 1 unspecified atom stereocenters. The Balaban J connectivity index is 1.76. The summed E-state index contributed by atoms with van der Waals surface area (Å²) >= 11 is 0. The van der Waals surface area contributed by atoms with Crippen molar-refractivity contribution in [1.29, 1.82) is 0 Å². The van der Waals surface area contributed by atoms with E-state index in [1.54, 1.807) is 17.6 Å². The molecule has 1 aromatic carbocycles. The average molecular weight is 512 g/mol. The van der Waals surface area contributed by atoms with Gasteiger partial charge in [-0.1, -0.05) is 55.3 Å². The third kappa shape index (κ3) is 3.87. The number of fused-ring (bicyclic) bond motifs is 5. The number of esters is 1. The van der Waals surface area contributed by atoms with Crippen LogP contribution in [0.15, 0.2) is 35.1 Å². The van der Waals surface area contributed by atoms with Gasteiger partial charge >= 0.3 is 14.2 Å². The number of carbonyl (C=O) groups excluding carboxylic acids is 1. The van der Waals surface area contributed by atoms with Gasteiger partial charge in [-0.2, -0.15) is 0 Å². The molecule has 0 radical (unpaired) electrons. The number of carbonyl (C=O) groups is 1. The van der Waals surface area contributed by atoms with Gasteiger partial charge < -0.3 is 9.30 Å². The van der Waals surface area contributed by atoms with Crippen LogP contribution in [-0.2, 0) is 43.8 Å². The second-order valence-electron chi connectivity index (χ2n) is 10.4. The molecule has 2 aliphatic rings. The largest absolute Gasteiger partial charge is 0.696 e. The predicted octanol–water partition coefficient (Wildman–Crippen LogP) is 4.63. The van der Waals surface area contributed by atoms with Gasteiger partial charge in [0.05, 0.1) is 29.0 Å². The Kier molecular flexibility index (Phi) is 5.79. The number of hydrogen-bond donors (Lipinski definition) is 1. The molecule has 35 heavy (non-hydrogen) atoms. The lowest BCUT2D eigenvalue weighted by Gasteiger charge is -2.31. The molecule has 0 saturated heterocycles. The van der Waals surface area contributed by atoms with E-state index in [1.807, 2.05) is 18.2 Å². The molecule has 2 atom stereocenters. The van der Waals surface area contributed by atoms with Crippen LogP contribution < -0.4 is 5.56 Å². The Labute approximate surface area is 204 Å². The lowest BCUT2D eigenvalue weighted by Crippen LogP contribution is -2.45. The van der Waals surface area contributed by atoms with Gasteiger partial charge in [-0.15, -0.1) is 4.89 Å². The third-order valence-corrected chi connectivity index (χ3v) is 9.26. The summed E-state index contributed by atoms with van der Waals surface area (Å²) in [6.07, 6.45) is 0.945. The number of aromatic nitrogens is 2. The number of pyridine rings is 2. The minimum absolute atomic E-state index is 0.0445. The number of nitrogens with zero attached hydrogens (tertiary/aromatic N) is 2. The fraction of sp³-hybridized carbons (Fsp3) is 0.400. The molecule has 0 bridgehead atoms. The van der Waals surface area contributed by atoms with E-state index >= 15 is 0 Å². The van der Waals surface area contributed by atoms with Gasteiger partial charge in [-0.25, -0.2) is 9.78 Å². The van der Waals surface area contributed by atoms with Crippen molar-refractivity contribution in [2.24, 2.45) is 0 Å². The summed E-state index contributed by atoms with van der Waals surface area (Å²) in [6.45, 7) is 8.88. The minimum atomic E-state index is -3.11. The fourth-order valence-electron chi connectivity index (χ4n) is 5.17. The molecular weight excluding hydrogens is 483 g/mol. The first-order valence-electron chi connectivity index (χ1n) is 11.8. The highest BCUT2D eigenvalue weighted by Gasteiger charge is 2.54. The zero-order valence-electron chi connectivity index (χ0n) is 20.3. The van der Waals surface area contributed by atoms with E-state index in [-0.39, 0.29) is 29.7 Å². The van der Waals surface area contributed by atoms with E-state index in [1.165, 1.54) is 5.56 Å². The first-order chi connectivity index (χ1) is 16.6. The van der Waals surface area contributed by atoms with Crippen molar-refractivity contribution < 1.29 is 23.5 Å². The highest BCUT2D eigenvalue weighted by atomic mass is 31.1. The van der Waals surface area contributed by atoms with E-state index in [4.69, 9.17) is 14.2 Å². The maximum Gasteiger partial charge on any atom is 0.696 e. The van der Waals surface area contributed by atoms with E-state index in [9.17, 15) is 19.0 Å². The maximum absolute atomic E-state index is 13.7. The van der Waals surface area contributed by atoms with Crippen molar-refractivity contribution in [2.75, 3.05) is 0 Å². The summed E-state index contributed by atoms with van der Waals surface area (Å²) < 4.78 is 23.9. The molecule has 0 amide bonds. The van der Waals surface area contributed by atoms with E-state index < -0.39 is 27.9 Å². The summed E-state index contributed by atoms with van der Waals surface area (Å²) in [6, 6.07) is 10.8. The van der Waals surface area contributed by atoms with E-state index in [0.29, 0.717) is 17.9 Å². The van der Waals surface area contributed by atoms with Crippen LogP contribution in [-0.4, -0.2) is 28.5 Å². The quantitative estimate of drug-likeness (QED) is 0.228. The van der Waals surface area contributed by atoms with Crippen LogP contribution in [0.25, 0.3) is 22.3 Å². The Morgan fingerprint density at radius 3 is 2.66 bits per heavy atom. The lowest BCUT2D eigenvalue weighted by molar-refractivity contribution is -0.169. The topological polar surface area (TPSA) is 108 Å². The van der Waals surface area contributed by atoms with Crippen LogP contribution in [0.4, 0.5) is 0 Å². The maximum atomic E-state index is 13.7. The number of rotatable bonds is 6. The number of aryl methyl sites for hydroxylation is 1. The van der Waals surface area contributed by atoms with Gasteiger partial charge in [0.25, 0.3) is 5.56 Å². The van der Waals surface area contributed by atoms with Crippen molar-refractivity contribution in [2.45, 2.75) is 64.2 Å². The second-order valence-corrected chi connectivity index (χ2v) is 16.7. The molecule has 0 aliphatic carbocycles. The minimum Gasteiger partial charge on any atom is -0.458 e. The van der Waals surface area contributed by atoms with Crippen LogP contribution in [0, 0.1) is 0 Å². The number of ether oxygens (including phenoxy) is 1. The highest BCUT2D eigenvalue weighted by Crippen LogP contribution is 2.45. The van der Waals surface area contributed by atoms with Gasteiger partial charge in [0, 0.05) is 29.2 Å². The van der Waals surface area contributed by atoms with Crippen LogP contribution in [0.1, 0.15) is 35.6 Å². The Morgan fingerprint density at radius 1 is 1.23 bits per heavy atom. The summed E-state index contributed by atoms with van der Waals surface area (Å²) in [5.41, 5.74) is 2.83. The molecular formula is C25H28N2O6PSi+. The van der Waals surface area contributed by atoms with Gasteiger partial charge in [-0.05, 0) is 30.5 Å². The van der Waals surface area contributed by atoms with Crippen LogP contribution in [0.5, 0.6) is 0 Å². The monoisotopic (exact) mass is 511 g/mol. The van der Waals surface area contributed by atoms with Crippen molar-refractivity contribution in [3.8, 4) is 11.4 Å². The molecule has 2 aromatic heterocycles. The first kappa shape index (κ1) is 24.0. The zero-order valence-corrected chi connectivity index (χ0v) is 22.1. The Bertz CT molecular complexity index is 1460. The normalized spacial score (nSPS) is 19.2. The molecule has 8 nitrogen and oxygen atoms in total. The first-order valence-corrected chi connectivity index (χ1v) is 16.6. The van der Waals surface area contributed by atoms with E-state index in [2.05, 4.69) is 25.7 Å². The van der Waals surface area contributed by atoms with Crippen molar-refractivity contribution >= 4 is 33.2 Å². The Hall–Kier alpha value is -2.71. The van der Waals surface area contributed by atoms with Crippen molar-refractivity contribution in [3.05, 3.63) is 62.9 Å². The van der Waals surface area contributed by atoms with Crippen LogP contribution >= 0.6 is 8.25 Å². The number of benzene rings is 1. The number of hydrogen-bond acceptors (Lipinski definition) is 6. The molecule has 0 spiro atoms. The van der Waals surface area contributed by atoms with Crippen LogP contribution in [0.3, 0.4) is 0 Å². The molecule has 3 aromatic rings. The third-order valence-electron chi connectivity index (χ3n) is 7.04. The van der Waals surface area contributed by atoms with Gasteiger partial charge in [-0.3, -0.25) is 4.79 Å². The second kappa shape index (κ2) is 8.45. The molecule has 10 heteroatoms. The summed E-state index contributed by atoms with van der Waals surface area (Å²) in [5, 5.41) is 1.09. The Morgan fingerprint density at radius 2 is 1.97 bits per heavy atom. The van der Waals surface area contributed by atoms with Crippen molar-refractivity contribution in [3.63, 3.8) is 0 Å². The van der Waals surface area contributed by atoms with Crippen LogP contribution in [0.2, 0.25) is 25.7 Å². The molecule has 5 rings (SSSR count). The molecule has 182 valence electrons. The summed E-state index contributed by atoms with van der Waals surface area (Å²) in [5.74, 6) is -0.769. The smallest absolute Gasteiger partial charge is 0.458 e. The standard InChI is InChI=1S/C25H27N2O6PSi/c1-5-25(33-34(30)31)19-12-21-22-17(13-27(21)23(28)18(19)14-32-24(25)29)15(10-11-35(2,3)4)16-8-6-7-9-20(16)26-22/h6-9,12H,5,10-11,13-14H2,1-4H3/p+1/t25-/m0/s1. The van der Waals surface area contributed by atoms with Gasteiger partial charge in [0.2, 0.25) is 5.60 Å². The van der Waals surface area contributed by atoms with Gasteiger partial charge in [0.15, 0.2) is 0 Å². The number of cyclic esters (lactones) is 1. The molecule has 2 aliphatic heterocycles. The SMILES string of the molecule is CC[C@@]1(O[P+](=O)O)C(=O)OCc2c1cc1n(c2=O)Cc2c-1nc1ccccc1c2CC[Si](C)(C)C. The summed E-state index contributed by atoms with van der Waals surface area (Å²) in [4.78, 5) is 40.9. The number of para-hydroxylation sites is 1. The fourth-order valence-corrected chi connectivity index (χ4v) is 6.74. The van der Waals surface area contributed by atoms with E-state index in [0.717, 1.165) is 28.9 Å². The highest BCUT2D eigenvalue weighted by molar-refractivity contribution is 7.32. The average Bonchev–Trinajstić information content (AvgIpc) is 3.16. The summed E-state index contributed by atoms with van der Waals surface area (Å²) in [7, 11) is -4.44. The lowest BCUT2D eigenvalue weighted by atomic mass is 9.86. The molecule has 1 N–H and O–H groups in total. The van der Waals surface area contributed by atoms with Crippen molar-refractivity contribution in [1.82, 2.24) is 9.55 Å². The molecule has 4 heterocycles. The molecule has 0 saturated carbocycles.